The first-order valence-corrected chi connectivity index (χ1v) is 11.2. The number of hydrogen-bond donors (Lipinski definition) is 1. The van der Waals surface area contributed by atoms with E-state index in [2.05, 4.69) is 5.32 Å². The molecular formula is C23H23ClN2O3S. The van der Waals surface area contributed by atoms with E-state index in [1.807, 2.05) is 26.8 Å². The van der Waals surface area contributed by atoms with E-state index in [9.17, 15) is 13.2 Å². The number of para-hydroxylation sites is 1. The zero-order valence-electron chi connectivity index (χ0n) is 17.0. The Morgan fingerprint density at radius 3 is 2.10 bits per heavy atom. The first kappa shape index (κ1) is 21.9. The minimum atomic E-state index is -3.96. The minimum Gasteiger partial charge on any atom is -0.323 e. The van der Waals surface area contributed by atoms with Crippen LogP contribution in [0.4, 0.5) is 11.4 Å². The zero-order valence-corrected chi connectivity index (χ0v) is 18.6. The van der Waals surface area contributed by atoms with Gasteiger partial charge in [0.05, 0.1) is 21.3 Å². The summed E-state index contributed by atoms with van der Waals surface area (Å²) in [6, 6.07) is 18.8. The van der Waals surface area contributed by atoms with Gasteiger partial charge in [-0.05, 0) is 68.3 Å². The molecule has 0 aliphatic carbocycles. The molecule has 0 saturated carbocycles. The molecule has 3 rings (SSSR count). The quantitative estimate of drug-likeness (QED) is 0.577. The fourth-order valence-corrected chi connectivity index (χ4v) is 4.72. The fourth-order valence-electron chi connectivity index (χ4n) is 3.13. The van der Waals surface area contributed by atoms with Crippen LogP contribution in [-0.4, -0.2) is 20.9 Å². The molecule has 0 atom stereocenters. The summed E-state index contributed by atoms with van der Waals surface area (Å²) in [4.78, 5) is 12.9. The van der Waals surface area contributed by atoms with Crippen molar-refractivity contribution in [2.75, 3.05) is 16.2 Å². The Balaban J connectivity index is 2.00. The second-order valence-electron chi connectivity index (χ2n) is 7.20. The molecule has 0 aliphatic heterocycles. The molecule has 0 fully saturated rings. The largest absolute Gasteiger partial charge is 0.323 e. The van der Waals surface area contributed by atoms with Crippen LogP contribution in [-0.2, 0) is 14.8 Å². The molecule has 0 saturated heterocycles. The van der Waals surface area contributed by atoms with Gasteiger partial charge in [-0.25, -0.2) is 8.42 Å². The summed E-state index contributed by atoms with van der Waals surface area (Å²) in [5.74, 6) is -0.488. The number of rotatable bonds is 6. The average molecular weight is 443 g/mol. The Morgan fingerprint density at radius 2 is 1.50 bits per heavy atom. The van der Waals surface area contributed by atoms with Gasteiger partial charge in [-0.3, -0.25) is 9.10 Å². The Hall–Kier alpha value is -2.83. The second-order valence-corrected chi connectivity index (χ2v) is 9.47. The molecule has 1 amide bonds. The third-order valence-corrected chi connectivity index (χ3v) is 6.66. The molecule has 3 aromatic rings. The van der Waals surface area contributed by atoms with E-state index in [1.165, 1.54) is 0 Å². The normalized spacial score (nSPS) is 11.2. The number of sulfonamides is 1. The molecule has 30 heavy (non-hydrogen) atoms. The molecule has 0 aliphatic rings. The summed E-state index contributed by atoms with van der Waals surface area (Å²) in [5, 5.41) is 3.08. The standard InChI is InChI=1S/C23H23ClN2O3S/c1-16-8-10-20(11-9-16)30(28,29)26(19-13-17(2)12-18(3)14-19)15-23(27)25-22-7-5-4-6-21(22)24/h4-14H,15H2,1-3H3,(H,25,27). The molecule has 0 radical (unpaired) electrons. The molecule has 7 heteroatoms. The van der Waals surface area contributed by atoms with Gasteiger partial charge in [-0.1, -0.05) is 47.5 Å². The highest BCUT2D eigenvalue weighted by Crippen LogP contribution is 2.27. The topological polar surface area (TPSA) is 66.5 Å². The fraction of sp³-hybridized carbons (Fsp3) is 0.174. The van der Waals surface area contributed by atoms with Crippen LogP contribution in [0, 0.1) is 20.8 Å². The van der Waals surface area contributed by atoms with Crippen LogP contribution in [0.3, 0.4) is 0 Å². The lowest BCUT2D eigenvalue weighted by Crippen LogP contribution is -2.38. The van der Waals surface area contributed by atoms with Gasteiger partial charge in [0, 0.05) is 0 Å². The Kier molecular flexibility index (Phi) is 6.48. The van der Waals surface area contributed by atoms with Crippen molar-refractivity contribution in [1.29, 1.82) is 0 Å². The number of nitrogens with one attached hydrogen (secondary N) is 1. The molecule has 0 bridgehead atoms. The zero-order chi connectivity index (χ0) is 21.9. The van der Waals surface area contributed by atoms with Crippen LogP contribution in [0.1, 0.15) is 16.7 Å². The van der Waals surface area contributed by atoms with E-state index in [4.69, 9.17) is 11.6 Å². The summed E-state index contributed by atoms with van der Waals surface area (Å²) in [5.41, 5.74) is 3.62. The second kappa shape index (κ2) is 8.90. The molecule has 1 N–H and O–H groups in total. The van der Waals surface area contributed by atoms with Gasteiger partial charge in [-0.2, -0.15) is 0 Å². The maximum absolute atomic E-state index is 13.4. The monoisotopic (exact) mass is 442 g/mol. The minimum absolute atomic E-state index is 0.123. The predicted octanol–water partition coefficient (Wildman–Crippen LogP) is 5.10. The first-order valence-electron chi connectivity index (χ1n) is 9.39. The van der Waals surface area contributed by atoms with Crippen LogP contribution in [0.25, 0.3) is 0 Å². The van der Waals surface area contributed by atoms with Gasteiger partial charge in [0.2, 0.25) is 5.91 Å². The van der Waals surface area contributed by atoms with Gasteiger partial charge in [0.1, 0.15) is 6.54 Å². The number of hydrogen-bond acceptors (Lipinski definition) is 3. The van der Waals surface area contributed by atoms with Crippen LogP contribution in [0.5, 0.6) is 0 Å². The summed E-state index contributed by atoms with van der Waals surface area (Å²) >= 11 is 6.12. The lowest BCUT2D eigenvalue weighted by Gasteiger charge is -2.25. The molecule has 3 aromatic carbocycles. The number of aryl methyl sites for hydroxylation is 3. The third kappa shape index (κ3) is 5.01. The Morgan fingerprint density at radius 1 is 0.900 bits per heavy atom. The molecule has 0 aromatic heterocycles. The van der Waals surface area contributed by atoms with Gasteiger partial charge < -0.3 is 5.32 Å². The highest BCUT2D eigenvalue weighted by molar-refractivity contribution is 7.92. The van der Waals surface area contributed by atoms with Gasteiger partial charge in [0.25, 0.3) is 10.0 Å². The van der Waals surface area contributed by atoms with Crippen LogP contribution in [0.2, 0.25) is 5.02 Å². The molecule has 156 valence electrons. The molecule has 0 unspecified atom stereocenters. The number of nitrogens with zero attached hydrogens (tertiary/aromatic N) is 1. The number of carbonyl (C=O) groups is 1. The maximum atomic E-state index is 13.4. The summed E-state index contributed by atoms with van der Waals surface area (Å²) in [7, 11) is -3.96. The SMILES string of the molecule is Cc1ccc(S(=O)(=O)N(CC(=O)Nc2ccccc2Cl)c2cc(C)cc(C)c2)cc1. The van der Waals surface area contributed by atoms with E-state index in [0.29, 0.717) is 16.4 Å². The lowest BCUT2D eigenvalue weighted by atomic mass is 10.1. The van der Waals surface area contributed by atoms with Crippen molar-refractivity contribution in [1.82, 2.24) is 0 Å². The van der Waals surface area contributed by atoms with E-state index in [-0.39, 0.29) is 11.4 Å². The molecule has 5 nitrogen and oxygen atoms in total. The number of carbonyl (C=O) groups excluding carboxylic acids is 1. The highest BCUT2D eigenvalue weighted by Gasteiger charge is 2.27. The molecule has 0 heterocycles. The number of halogens is 1. The van der Waals surface area contributed by atoms with Crippen molar-refractivity contribution in [3.63, 3.8) is 0 Å². The smallest absolute Gasteiger partial charge is 0.264 e. The Labute approximate surface area is 182 Å². The van der Waals surface area contributed by atoms with Crippen LogP contribution in [0.15, 0.2) is 71.6 Å². The lowest BCUT2D eigenvalue weighted by molar-refractivity contribution is -0.114. The van der Waals surface area contributed by atoms with Crippen molar-refractivity contribution in [3.05, 3.63) is 88.4 Å². The predicted molar refractivity (Wildman–Crippen MR) is 122 cm³/mol. The summed E-state index contributed by atoms with van der Waals surface area (Å²) in [6.45, 7) is 5.27. The molecule has 0 spiro atoms. The average Bonchev–Trinajstić information content (AvgIpc) is 2.67. The summed E-state index contributed by atoms with van der Waals surface area (Å²) < 4.78 is 28.0. The van der Waals surface area contributed by atoms with Crippen molar-refractivity contribution < 1.29 is 13.2 Å². The van der Waals surface area contributed by atoms with E-state index >= 15 is 0 Å². The number of benzene rings is 3. The van der Waals surface area contributed by atoms with Gasteiger partial charge in [0.15, 0.2) is 0 Å². The van der Waals surface area contributed by atoms with E-state index < -0.39 is 15.9 Å². The van der Waals surface area contributed by atoms with E-state index in [1.54, 1.807) is 60.7 Å². The van der Waals surface area contributed by atoms with Crippen LogP contribution < -0.4 is 9.62 Å². The van der Waals surface area contributed by atoms with Crippen LogP contribution >= 0.6 is 11.6 Å². The summed E-state index contributed by atoms with van der Waals surface area (Å²) in [6.07, 6.45) is 0. The number of amides is 1. The van der Waals surface area contributed by atoms with Gasteiger partial charge >= 0.3 is 0 Å². The van der Waals surface area contributed by atoms with Gasteiger partial charge in [-0.15, -0.1) is 0 Å². The Bertz CT molecular complexity index is 1160. The van der Waals surface area contributed by atoms with Crippen molar-refractivity contribution in [3.8, 4) is 0 Å². The third-order valence-electron chi connectivity index (χ3n) is 4.54. The van der Waals surface area contributed by atoms with Crippen molar-refractivity contribution in [2.24, 2.45) is 0 Å². The maximum Gasteiger partial charge on any atom is 0.264 e. The number of anilines is 2. The van der Waals surface area contributed by atoms with Crippen molar-refractivity contribution in [2.45, 2.75) is 25.7 Å². The molecular weight excluding hydrogens is 420 g/mol. The first-order chi connectivity index (χ1) is 14.2. The highest BCUT2D eigenvalue weighted by atomic mass is 35.5. The van der Waals surface area contributed by atoms with Crippen molar-refractivity contribution >= 4 is 38.9 Å². The van der Waals surface area contributed by atoms with E-state index in [0.717, 1.165) is 21.0 Å².